The summed E-state index contributed by atoms with van der Waals surface area (Å²) < 4.78 is 6.01. The molecule has 0 aliphatic heterocycles. The molecule has 2 saturated carbocycles. The summed E-state index contributed by atoms with van der Waals surface area (Å²) in [5.41, 5.74) is 6.21. The Bertz CT molecular complexity index is 914. The van der Waals surface area contributed by atoms with Gasteiger partial charge in [-0.05, 0) is 91.4 Å². The molecule has 0 amide bonds. The van der Waals surface area contributed by atoms with Gasteiger partial charge in [-0.2, -0.15) is 5.10 Å². The van der Waals surface area contributed by atoms with Gasteiger partial charge in [0.25, 0.3) is 0 Å². The lowest BCUT2D eigenvalue weighted by Crippen LogP contribution is -2.50. The Morgan fingerprint density at radius 1 is 1.03 bits per heavy atom. The van der Waals surface area contributed by atoms with Gasteiger partial charge in [-0.25, -0.2) is 0 Å². The third kappa shape index (κ3) is 2.81. The standard InChI is InChI=1S/C27H36N2O/c1-4-30-19-12-14-26(2)23-13-15-27(3)22(10-11-25(27)29-28)21(23)17-20(24(26)16-19)18-8-6-5-7-9-18/h5-9,16,21-23H,4,10-15,17,28H2,1-3H3/b29-25+/t21?,22?,23-,26?,27?/m0/s1. The van der Waals surface area contributed by atoms with Gasteiger partial charge in [0.05, 0.1) is 12.4 Å². The van der Waals surface area contributed by atoms with E-state index in [4.69, 9.17) is 10.6 Å². The van der Waals surface area contributed by atoms with Gasteiger partial charge in [0.2, 0.25) is 0 Å². The summed E-state index contributed by atoms with van der Waals surface area (Å²) >= 11 is 0. The fourth-order valence-electron chi connectivity index (χ4n) is 7.65. The lowest BCUT2D eigenvalue weighted by Gasteiger charge is -2.57. The Morgan fingerprint density at radius 2 is 1.80 bits per heavy atom. The molecular weight excluding hydrogens is 368 g/mol. The predicted molar refractivity (Wildman–Crippen MR) is 124 cm³/mol. The molecule has 2 fully saturated rings. The third-order valence-corrected chi connectivity index (χ3v) is 9.18. The molecule has 160 valence electrons. The van der Waals surface area contributed by atoms with Crippen molar-refractivity contribution in [3.63, 3.8) is 0 Å². The smallest absolute Gasteiger partial charge is 0.0962 e. The lowest BCUT2D eigenvalue weighted by atomic mass is 9.47. The van der Waals surface area contributed by atoms with Crippen LogP contribution >= 0.6 is 0 Å². The molecular formula is C27H36N2O. The lowest BCUT2D eigenvalue weighted by molar-refractivity contribution is 0.00148. The van der Waals surface area contributed by atoms with E-state index in [1.54, 1.807) is 11.1 Å². The Balaban J connectivity index is 1.64. The molecule has 0 saturated heterocycles. The zero-order valence-electron chi connectivity index (χ0n) is 18.8. The molecule has 3 nitrogen and oxygen atoms in total. The number of rotatable bonds is 3. The van der Waals surface area contributed by atoms with Crippen molar-refractivity contribution in [3.05, 3.63) is 53.3 Å². The van der Waals surface area contributed by atoms with Gasteiger partial charge in [-0.1, -0.05) is 44.2 Å². The van der Waals surface area contributed by atoms with Crippen molar-refractivity contribution >= 4 is 11.3 Å². The SMILES string of the molecule is CCOC1=CC2=C(c3ccccc3)CC3C4CC/C(=N\N)C4(C)CC[C@@H]3C2(C)CC1. The second-order valence-corrected chi connectivity index (χ2v) is 10.4. The average Bonchev–Trinajstić information content (AvgIpc) is 3.11. The van der Waals surface area contributed by atoms with Crippen molar-refractivity contribution in [1.29, 1.82) is 0 Å². The first-order valence-corrected chi connectivity index (χ1v) is 11.9. The quantitative estimate of drug-likeness (QED) is 0.473. The summed E-state index contributed by atoms with van der Waals surface area (Å²) in [6.45, 7) is 7.85. The van der Waals surface area contributed by atoms with E-state index < -0.39 is 0 Å². The summed E-state index contributed by atoms with van der Waals surface area (Å²) in [6.07, 6.45) is 10.7. The number of benzene rings is 1. The average molecular weight is 405 g/mol. The van der Waals surface area contributed by atoms with Crippen molar-refractivity contribution in [2.24, 2.45) is 39.5 Å². The number of allylic oxidation sites excluding steroid dienone is 4. The van der Waals surface area contributed by atoms with Gasteiger partial charge in [-0.3, -0.25) is 0 Å². The first-order chi connectivity index (χ1) is 14.5. The van der Waals surface area contributed by atoms with Crippen LogP contribution < -0.4 is 5.84 Å². The van der Waals surface area contributed by atoms with Crippen LogP contribution in [0.25, 0.3) is 5.57 Å². The number of hydrogen-bond donors (Lipinski definition) is 1. The zero-order chi connectivity index (χ0) is 20.9. The summed E-state index contributed by atoms with van der Waals surface area (Å²) in [4.78, 5) is 0. The topological polar surface area (TPSA) is 47.6 Å². The Morgan fingerprint density at radius 3 is 2.53 bits per heavy atom. The number of hydrazone groups is 1. The summed E-state index contributed by atoms with van der Waals surface area (Å²) in [7, 11) is 0. The Kier molecular flexibility index (Phi) is 4.83. The highest BCUT2D eigenvalue weighted by molar-refractivity contribution is 5.92. The van der Waals surface area contributed by atoms with Crippen molar-refractivity contribution < 1.29 is 4.74 Å². The van der Waals surface area contributed by atoms with Crippen molar-refractivity contribution in [2.75, 3.05) is 6.61 Å². The molecule has 0 heterocycles. The van der Waals surface area contributed by atoms with E-state index >= 15 is 0 Å². The van der Waals surface area contributed by atoms with Crippen molar-refractivity contribution in [1.82, 2.24) is 0 Å². The molecule has 0 radical (unpaired) electrons. The minimum absolute atomic E-state index is 0.201. The van der Waals surface area contributed by atoms with E-state index in [9.17, 15) is 0 Å². The minimum Gasteiger partial charge on any atom is -0.498 e. The third-order valence-electron chi connectivity index (χ3n) is 9.18. The molecule has 30 heavy (non-hydrogen) atoms. The summed E-state index contributed by atoms with van der Waals surface area (Å²) in [5.74, 6) is 9.19. The Labute approximate surface area is 181 Å². The highest BCUT2D eigenvalue weighted by atomic mass is 16.5. The molecule has 1 aromatic carbocycles. The summed E-state index contributed by atoms with van der Waals surface area (Å²) in [5, 5.41) is 4.27. The van der Waals surface area contributed by atoms with Crippen LogP contribution in [0.3, 0.4) is 0 Å². The van der Waals surface area contributed by atoms with E-state index in [0.29, 0.717) is 11.8 Å². The number of nitrogens with zero attached hydrogens (tertiary/aromatic N) is 1. The van der Waals surface area contributed by atoms with Gasteiger partial charge >= 0.3 is 0 Å². The molecule has 4 aliphatic carbocycles. The summed E-state index contributed by atoms with van der Waals surface area (Å²) in [6, 6.07) is 11.1. The molecule has 0 aromatic heterocycles. The van der Waals surface area contributed by atoms with E-state index in [2.05, 4.69) is 62.3 Å². The largest absolute Gasteiger partial charge is 0.498 e. The molecule has 5 rings (SSSR count). The van der Waals surface area contributed by atoms with Crippen LogP contribution in [0.2, 0.25) is 0 Å². The number of fused-ring (bicyclic) bond motifs is 5. The molecule has 0 bridgehead atoms. The molecule has 1 aromatic rings. The molecule has 0 spiro atoms. The van der Waals surface area contributed by atoms with Crippen LogP contribution in [0.4, 0.5) is 0 Å². The van der Waals surface area contributed by atoms with E-state index in [1.807, 2.05) is 0 Å². The first kappa shape index (κ1) is 19.9. The molecule has 4 unspecified atom stereocenters. The van der Waals surface area contributed by atoms with Crippen LogP contribution in [-0.2, 0) is 4.74 Å². The predicted octanol–water partition coefficient (Wildman–Crippen LogP) is 6.32. The molecule has 4 aliphatic rings. The highest BCUT2D eigenvalue weighted by Gasteiger charge is 2.58. The molecule has 5 atom stereocenters. The fourth-order valence-corrected chi connectivity index (χ4v) is 7.65. The van der Waals surface area contributed by atoms with Gasteiger partial charge in [-0.15, -0.1) is 0 Å². The van der Waals surface area contributed by atoms with Crippen molar-refractivity contribution in [2.45, 2.75) is 65.7 Å². The number of nitrogens with two attached hydrogens (primary N) is 1. The zero-order valence-corrected chi connectivity index (χ0v) is 18.8. The van der Waals surface area contributed by atoms with E-state index in [-0.39, 0.29) is 10.8 Å². The maximum Gasteiger partial charge on any atom is 0.0962 e. The first-order valence-electron chi connectivity index (χ1n) is 11.9. The van der Waals surface area contributed by atoms with Gasteiger partial charge in [0, 0.05) is 17.5 Å². The normalized spacial score (nSPS) is 39.2. The minimum atomic E-state index is 0.201. The molecule has 3 heteroatoms. The van der Waals surface area contributed by atoms with E-state index in [1.165, 1.54) is 49.1 Å². The maximum absolute atomic E-state index is 6.01. The van der Waals surface area contributed by atoms with Crippen LogP contribution in [0, 0.1) is 28.6 Å². The van der Waals surface area contributed by atoms with Crippen LogP contribution in [0.15, 0.2) is 52.8 Å². The van der Waals surface area contributed by atoms with Gasteiger partial charge < -0.3 is 10.6 Å². The Hall–Kier alpha value is -2.03. The van der Waals surface area contributed by atoms with Crippen molar-refractivity contribution in [3.8, 4) is 0 Å². The van der Waals surface area contributed by atoms with Crippen LogP contribution in [0.5, 0.6) is 0 Å². The van der Waals surface area contributed by atoms with Crippen LogP contribution in [-0.4, -0.2) is 12.3 Å². The second-order valence-electron chi connectivity index (χ2n) is 10.4. The monoisotopic (exact) mass is 404 g/mol. The van der Waals surface area contributed by atoms with Gasteiger partial charge in [0.15, 0.2) is 0 Å². The second kappa shape index (κ2) is 7.28. The van der Waals surface area contributed by atoms with Crippen LogP contribution in [0.1, 0.15) is 71.3 Å². The number of ether oxygens (including phenoxy) is 1. The maximum atomic E-state index is 6.01. The number of hydrogen-bond acceptors (Lipinski definition) is 3. The van der Waals surface area contributed by atoms with E-state index in [0.717, 1.165) is 25.4 Å². The fraction of sp³-hybridized carbons (Fsp3) is 0.593. The van der Waals surface area contributed by atoms with Gasteiger partial charge in [0.1, 0.15) is 0 Å². The highest BCUT2D eigenvalue weighted by Crippen LogP contribution is 2.66. The molecule has 2 N–H and O–H groups in total.